The summed E-state index contributed by atoms with van der Waals surface area (Å²) < 4.78 is 34.3. The van der Waals surface area contributed by atoms with Crippen molar-refractivity contribution in [3.05, 3.63) is 52.5 Å². The molecule has 0 saturated carbocycles. The molecule has 0 unspecified atom stereocenters. The highest BCUT2D eigenvalue weighted by atomic mass is 35.5. The van der Waals surface area contributed by atoms with Gasteiger partial charge in [0.05, 0.1) is 13.7 Å². The normalized spacial score (nSPS) is 11.0. The second kappa shape index (κ2) is 9.53. The van der Waals surface area contributed by atoms with Crippen molar-refractivity contribution in [1.82, 2.24) is 4.90 Å². The van der Waals surface area contributed by atoms with Crippen LogP contribution in [0.1, 0.15) is 11.1 Å². The Labute approximate surface area is 161 Å². The molecule has 0 fully saturated rings. The highest BCUT2D eigenvalue weighted by Crippen LogP contribution is 2.29. The molecule has 0 atom stereocenters. The molecule has 2 aromatic carbocycles. The van der Waals surface area contributed by atoms with Crippen LogP contribution in [-0.4, -0.2) is 38.1 Å². The van der Waals surface area contributed by atoms with Crippen LogP contribution in [0.4, 0.5) is 14.5 Å². The summed E-state index contributed by atoms with van der Waals surface area (Å²) in [4.78, 5) is 14.0. The minimum Gasteiger partial charge on any atom is -0.493 e. The summed E-state index contributed by atoms with van der Waals surface area (Å²) >= 11 is 6.05. The fourth-order valence-electron chi connectivity index (χ4n) is 2.55. The number of nitrogens with zero attached hydrogens (tertiary/aromatic N) is 1. The number of anilines is 1. The summed E-state index contributed by atoms with van der Waals surface area (Å²) in [5.74, 6) is -0.0132. The van der Waals surface area contributed by atoms with Crippen LogP contribution >= 0.6 is 11.6 Å². The Bertz CT molecular complexity index is 803. The van der Waals surface area contributed by atoms with Crippen LogP contribution in [0, 0.1) is 6.92 Å². The Kier molecular flexibility index (Phi) is 7.38. The number of halogens is 3. The molecule has 0 aliphatic rings. The van der Waals surface area contributed by atoms with Crippen molar-refractivity contribution in [2.75, 3.05) is 26.0 Å². The molecule has 5 nitrogen and oxygen atoms in total. The highest BCUT2D eigenvalue weighted by Gasteiger charge is 2.13. The monoisotopic (exact) mass is 398 g/mol. The van der Waals surface area contributed by atoms with Gasteiger partial charge >= 0.3 is 6.61 Å². The van der Waals surface area contributed by atoms with Crippen LogP contribution in [0.15, 0.2) is 36.4 Å². The molecule has 2 aromatic rings. The van der Waals surface area contributed by atoms with Crippen molar-refractivity contribution in [3.63, 3.8) is 0 Å². The van der Waals surface area contributed by atoms with Crippen molar-refractivity contribution in [3.8, 4) is 11.5 Å². The summed E-state index contributed by atoms with van der Waals surface area (Å²) in [6.07, 6.45) is 0. The van der Waals surface area contributed by atoms with Gasteiger partial charge in [0.15, 0.2) is 11.5 Å². The van der Waals surface area contributed by atoms with Crippen molar-refractivity contribution in [2.45, 2.75) is 20.1 Å². The van der Waals surface area contributed by atoms with E-state index < -0.39 is 6.61 Å². The van der Waals surface area contributed by atoms with Gasteiger partial charge < -0.3 is 14.8 Å². The molecule has 1 amide bonds. The zero-order chi connectivity index (χ0) is 20.0. The third-order valence-electron chi connectivity index (χ3n) is 3.85. The van der Waals surface area contributed by atoms with Gasteiger partial charge in [0.1, 0.15) is 0 Å². The first-order valence-electron chi connectivity index (χ1n) is 8.15. The Morgan fingerprint density at radius 1 is 1.26 bits per heavy atom. The van der Waals surface area contributed by atoms with E-state index in [0.29, 0.717) is 17.3 Å². The van der Waals surface area contributed by atoms with Crippen molar-refractivity contribution in [1.29, 1.82) is 0 Å². The van der Waals surface area contributed by atoms with Crippen LogP contribution in [0.3, 0.4) is 0 Å². The average molecular weight is 399 g/mol. The minimum atomic E-state index is -2.92. The lowest BCUT2D eigenvalue weighted by Gasteiger charge is -2.18. The summed E-state index contributed by atoms with van der Waals surface area (Å²) in [5.41, 5.74) is 2.26. The topological polar surface area (TPSA) is 50.8 Å². The molecule has 0 aliphatic carbocycles. The quantitative estimate of drug-likeness (QED) is 0.719. The first-order valence-corrected chi connectivity index (χ1v) is 8.53. The van der Waals surface area contributed by atoms with Crippen molar-refractivity contribution in [2.24, 2.45) is 0 Å². The Morgan fingerprint density at radius 3 is 2.67 bits per heavy atom. The van der Waals surface area contributed by atoms with Gasteiger partial charge in [0.2, 0.25) is 5.91 Å². The highest BCUT2D eigenvalue weighted by molar-refractivity contribution is 6.31. The largest absolute Gasteiger partial charge is 0.493 e. The molecule has 0 aliphatic heterocycles. The SMILES string of the molecule is COc1cc(CN(C)CC(=O)Nc2cccc(Cl)c2C)ccc1OC(F)F. The first-order chi connectivity index (χ1) is 12.8. The number of carbonyl (C=O) groups is 1. The van der Waals surface area contributed by atoms with E-state index in [9.17, 15) is 13.6 Å². The maximum atomic E-state index is 12.4. The lowest BCUT2D eigenvalue weighted by molar-refractivity contribution is -0.117. The molecule has 0 radical (unpaired) electrons. The van der Waals surface area contributed by atoms with E-state index in [0.717, 1.165) is 11.1 Å². The van der Waals surface area contributed by atoms with Gasteiger partial charge in [-0.25, -0.2) is 0 Å². The zero-order valence-electron chi connectivity index (χ0n) is 15.3. The number of alkyl halides is 2. The molecule has 0 heterocycles. The summed E-state index contributed by atoms with van der Waals surface area (Å²) in [7, 11) is 3.16. The zero-order valence-corrected chi connectivity index (χ0v) is 16.0. The summed E-state index contributed by atoms with van der Waals surface area (Å²) in [5, 5.41) is 3.41. The van der Waals surface area contributed by atoms with Gasteiger partial charge in [-0.15, -0.1) is 0 Å². The molecule has 2 rings (SSSR count). The van der Waals surface area contributed by atoms with Gasteiger partial charge in [0, 0.05) is 17.3 Å². The molecule has 1 N–H and O–H groups in total. The molecule has 146 valence electrons. The maximum absolute atomic E-state index is 12.4. The maximum Gasteiger partial charge on any atom is 0.387 e. The number of amides is 1. The van der Waals surface area contributed by atoms with Crippen LogP contribution in [-0.2, 0) is 11.3 Å². The van der Waals surface area contributed by atoms with Crippen molar-refractivity contribution >= 4 is 23.2 Å². The first kappa shape index (κ1) is 20.9. The molecular weight excluding hydrogens is 378 g/mol. The van der Waals surface area contributed by atoms with Crippen LogP contribution in [0.25, 0.3) is 0 Å². The second-order valence-corrected chi connectivity index (χ2v) is 6.40. The summed E-state index contributed by atoms with van der Waals surface area (Å²) in [6.45, 7) is -0.528. The fourth-order valence-corrected chi connectivity index (χ4v) is 2.72. The third-order valence-corrected chi connectivity index (χ3v) is 4.26. The fraction of sp³-hybridized carbons (Fsp3) is 0.316. The molecule has 0 spiro atoms. The van der Waals surface area contributed by atoms with E-state index >= 15 is 0 Å². The number of benzene rings is 2. The molecule has 0 saturated heterocycles. The van der Waals surface area contributed by atoms with Crippen LogP contribution < -0.4 is 14.8 Å². The number of hydrogen-bond donors (Lipinski definition) is 1. The van der Waals surface area contributed by atoms with Gasteiger partial charge in [-0.05, 0) is 49.4 Å². The van der Waals surface area contributed by atoms with E-state index in [2.05, 4.69) is 10.1 Å². The van der Waals surface area contributed by atoms with E-state index in [1.165, 1.54) is 13.2 Å². The van der Waals surface area contributed by atoms with Crippen LogP contribution in [0.5, 0.6) is 11.5 Å². The van der Waals surface area contributed by atoms with E-state index in [-0.39, 0.29) is 24.0 Å². The number of carbonyl (C=O) groups excluding carboxylic acids is 1. The number of methoxy groups -OCH3 is 1. The standard InChI is InChI=1S/C19H21ClF2N2O3/c1-12-14(20)5-4-6-15(12)23-18(25)11-24(2)10-13-7-8-16(27-19(21)22)17(9-13)26-3/h4-9,19H,10-11H2,1-3H3,(H,23,25). The van der Waals surface area contributed by atoms with E-state index in [1.54, 1.807) is 42.3 Å². The minimum absolute atomic E-state index is 0.0342. The predicted octanol–water partition coefficient (Wildman–Crippen LogP) is 4.33. The lowest BCUT2D eigenvalue weighted by atomic mass is 10.2. The summed E-state index contributed by atoms with van der Waals surface area (Å²) in [6, 6.07) is 9.98. The van der Waals surface area contributed by atoms with Gasteiger partial charge in [0.25, 0.3) is 0 Å². The van der Waals surface area contributed by atoms with Gasteiger partial charge in [-0.1, -0.05) is 23.7 Å². The third kappa shape index (κ3) is 6.08. The van der Waals surface area contributed by atoms with Gasteiger partial charge in [-0.2, -0.15) is 8.78 Å². The van der Waals surface area contributed by atoms with Gasteiger partial charge in [-0.3, -0.25) is 9.69 Å². The Hall–Kier alpha value is -2.38. The molecule has 0 bridgehead atoms. The molecule has 27 heavy (non-hydrogen) atoms. The molecule has 8 heteroatoms. The average Bonchev–Trinajstić information content (AvgIpc) is 2.59. The predicted molar refractivity (Wildman–Crippen MR) is 101 cm³/mol. The van der Waals surface area contributed by atoms with E-state index in [4.69, 9.17) is 16.3 Å². The second-order valence-electron chi connectivity index (χ2n) is 6.00. The Morgan fingerprint density at radius 2 is 2.00 bits per heavy atom. The number of nitrogens with one attached hydrogen (secondary N) is 1. The van der Waals surface area contributed by atoms with Crippen molar-refractivity contribution < 1.29 is 23.0 Å². The lowest BCUT2D eigenvalue weighted by Crippen LogP contribution is -2.30. The number of likely N-dealkylation sites (N-methyl/N-ethyl adjacent to an activating group) is 1. The number of rotatable bonds is 8. The molecular formula is C19H21ClF2N2O3. The van der Waals surface area contributed by atoms with E-state index in [1.807, 2.05) is 6.92 Å². The number of hydrogen-bond acceptors (Lipinski definition) is 4. The Balaban J connectivity index is 1.97. The van der Waals surface area contributed by atoms with Crippen LogP contribution in [0.2, 0.25) is 5.02 Å². The number of ether oxygens (including phenoxy) is 2. The molecule has 0 aromatic heterocycles. The smallest absolute Gasteiger partial charge is 0.387 e.